The van der Waals surface area contributed by atoms with Gasteiger partial charge in [0.1, 0.15) is 6.04 Å². The Morgan fingerprint density at radius 3 is 2.78 bits per heavy atom. The number of nitrogens with zero attached hydrogens (tertiary/aromatic N) is 2. The number of methoxy groups -OCH3 is 1. The van der Waals surface area contributed by atoms with Gasteiger partial charge in [0.15, 0.2) is 0 Å². The highest BCUT2D eigenvalue weighted by molar-refractivity contribution is 5.81. The molecule has 5 nitrogen and oxygen atoms in total. The van der Waals surface area contributed by atoms with E-state index in [2.05, 4.69) is 10.2 Å². The van der Waals surface area contributed by atoms with Crippen LogP contribution in [0.4, 0.5) is 0 Å². The van der Waals surface area contributed by atoms with Crippen molar-refractivity contribution in [2.24, 2.45) is 5.92 Å². The molecule has 1 N–H and O–H groups in total. The Bertz CT molecular complexity index is 292. The highest BCUT2D eigenvalue weighted by Gasteiger charge is 2.41. The van der Waals surface area contributed by atoms with E-state index >= 15 is 0 Å². The fourth-order valence-corrected chi connectivity index (χ4v) is 2.80. The van der Waals surface area contributed by atoms with Crippen LogP contribution in [0.3, 0.4) is 0 Å². The number of carbonyl (C=O) groups excluding carboxylic acids is 1. The molecular formula is C13H25N3O2. The monoisotopic (exact) mass is 255 g/mol. The summed E-state index contributed by atoms with van der Waals surface area (Å²) in [5.74, 6) is 0.921. The molecule has 2 fully saturated rings. The molecule has 104 valence electrons. The van der Waals surface area contributed by atoms with Crippen LogP contribution in [0.1, 0.15) is 12.8 Å². The Morgan fingerprint density at radius 1 is 1.50 bits per heavy atom. The molecule has 5 heteroatoms. The lowest BCUT2D eigenvalue weighted by atomic mass is 10.1. The summed E-state index contributed by atoms with van der Waals surface area (Å²) in [6.45, 7) is 3.39. The van der Waals surface area contributed by atoms with Crippen LogP contribution < -0.4 is 5.32 Å². The van der Waals surface area contributed by atoms with Gasteiger partial charge in [0, 0.05) is 46.9 Å². The molecule has 2 aliphatic rings. The molecule has 1 aliphatic heterocycles. The average Bonchev–Trinajstić information content (AvgIpc) is 3.19. The first kappa shape index (κ1) is 13.8. The smallest absolute Gasteiger partial charge is 0.240 e. The van der Waals surface area contributed by atoms with E-state index in [4.69, 9.17) is 4.74 Å². The van der Waals surface area contributed by atoms with Crippen LogP contribution in [-0.4, -0.2) is 75.2 Å². The Labute approximate surface area is 109 Å². The minimum Gasteiger partial charge on any atom is -0.383 e. The third-order valence-corrected chi connectivity index (χ3v) is 3.94. The van der Waals surface area contributed by atoms with Gasteiger partial charge in [-0.2, -0.15) is 0 Å². The number of likely N-dealkylation sites (N-methyl/N-ethyl adjacent to an activating group) is 1. The Morgan fingerprint density at radius 2 is 2.22 bits per heavy atom. The number of amides is 1. The van der Waals surface area contributed by atoms with E-state index in [1.807, 2.05) is 14.1 Å². The molecule has 1 heterocycles. The maximum absolute atomic E-state index is 12.3. The van der Waals surface area contributed by atoms with Crippen LogP contribution in [0.25, 0.3) is 0 Å². The topological polar surface area (TPSA) is 44.8 Å². The molecule has 2 rings (SSSR count). The van der Waals surface area contributed by atoms with Crippen molar-refractivity contribution in [2.75, 3.05) is 47.4 Å². The van der Waals surface area contributed by atoms with Crippen molar-refractivity contribution in [3.05, 3.63) is 0 Å². The molecule has 1 saturated heterocycles. The Hall–Kier alpha value is -0.650. The third kappa shape index (κ3) is 3.02. The maximum Gasteiger partial charge on any atom is 0.240 e. The number of hydrogen-bond donors (Lipinski definition) is 1. The van der Waals surface area contributed by atoms with E-state index in [1.54, 1.807) is 12.0 Å². The summed E-state index contributed by atoms with van der Waals surface area (Å²) in [6.07, 6.45) is 2.56. The van der Waals surface area contributed by atoms with Crippen LogP contribution >= 0.6 is 0 Å². The van der Waals surface area contributed by atoms with E-state index in [9.17, 15) is 4.79 Å². The third-order valence-electron chi connectivity index (χ3n) is 3.94. The van der Waals surface area contributed by atoms with Gasteiger partial charge in [-0.1, -0.05) is 0 Å². The minimum atomic E-state index is -0.0329. The van der Waals surface area contributed by atoms with Crippen LogP contribution in [0.2, 0.25) is 0 Å². The van der Waals surface area contributed by atoms with Crippen LogP contribution in [-0.2, 0) is 9.53 Å². The Kier molecular flexibility index (Phi) is 4.59. The van der Waals surface area contributed by atoms with E-state index in [0.29, 0.717) is 6.04 Å². The average molecular weight is 255 g/mol. The first-order valence-electron chi connectivity index (χ1n) is 6.81. The highest BCUT2D eigenvalue weighted by atomic mass is 16.5. The van der Waals surface area contributed by atoms with Crippen LogP contribution in [0.5, 0.6) is 0 Å². The number of nitrogens with one attached hydrogen (secondary N) is 1. The van der Waals surface area contributed by atoms with Crippen molar-refractivity contribution in [3.8, 4) is 0 Å². The van der Waals surface area contributed by atoms with E-state index in [0.717, 1.165) is 32.2 Å². The summed E-state index contributed by atoms with van der Waals surface area (Å²) in [5.41, 5.74) is 0. The molecule has 0 spiro atoms. The quantitative estimate of drug-likeness (QED) is 0.737. The molecule has 1 saturated carbocycles. The van der Waals surface area contributed by atoms with Gasteiger partial charge in [-0.15, -0.1) is 0 Å². The summed E-state index contributed by atoms with van der Waals surface area (Å²) in [7, 11) is 5.41. The first-order valence-corrected chi connectivity index (χ1v) is 6.81. The normalized spacial score (nSPS) is 26.9. The van der Waals surface area contributed by atoms with Crippen molar-refractivity contribution in [1.82, 2.24) is 15.1 Å². The van der Waals surface area contributed by atoms with Crippen molar-refractivity contribution in [1.29, 1.82) is 0 Å². The van der Waals surface area contributed by atoms with Crippen molar-refractivity contribution in [3.63, 3.8) is 0 Å². The first-order chi connectivity index (χ1) is 8.65. The molecule has 1 aliphatic carbocycles. The zero-order chi connectivity index (χ0) is 13.1. The maximum atomic E-state index is 12.3. The predicted molar refractivity (Wildman–Crippen MR) is 70.4 cm³/mol. The van der Waals surface area contributed by atoms with Gasteiger partial charge in [0.05, 0.1) is 6.61 Å². The highest BCUT2D eigenvalue weighted by Crippen LogP contribution is 2.36. The van der Waals surface area contributed by atoms with Gasteiger partial charge in [-0.25, -0.2) is 0 Å². The van der Waals surface area contributed by atoms with Gasteiger partial charge in [-0.05, 0) is 18.8 Å². The van der Waals surface area contributed by atoms with Gasteiger partial charge in [-0.3, -0.25) is 9.69 Å². The van der Waals surface area contributed by atoms with Crippen molar-refractivity contribution < 1.29 is 9.53 Å². The Balaban J connectivity index is 2.07. The lowest BCUT2D eigenvalue weighted by molar-refractivity contribution is -0.137. The van der Waals surface area contributed by atoms with E-state index < -0.39 is 0 Å². The largest absolute Gasteiger partial charge is 0.383 e. The molecule has 0 aromatic carbocycles. The molecule has 1 amide bonds. The minimum absolute atomic E-state index is 0.0329. The molecule has 2 unspecified atom stereocenters. The molecule has 0 aromatic rings. The van der Waals surface area contributed by atoms with Gasteiger partial charge in [0.2, 0.25) is 5.91 Å². The van der Waals surface area contributed by atoms with Gasteiger partial charge in [0.25, 0.3) is 0 Å². The van der Waals surface area contributed by atoms with Crippen LogP contribution in [0, 0.1) is 5.92 Å². The van der Waals surface area contributed by atoms with Crippen molar-refractivity contribution in [2.45, 2.75) is 24.9 Å². The number of ether oxygens (including phenoxy) is 1. The van der Waals surface area contributed by atoms with Gasteiger partial charge < -0.3 is 15.0 Å². The zero-order valence-corrected chi connectivity index (χ0v) is 11.7. The molecule has 2 atom stereocenters. The number of carbonyl (C=O) groups is 1. The van der Waals surface area contributed by atoms with Gasteiger partial charge >= 0.3 is 0 Å². The molecule has 0 bridgehead atoms. The fourth-order valence-electron chi connectivity index (χ4n) is 2.80. The second-order valence-electron chi connectivity index (χ2n) is 5.55. The zero-order valence-electron chi connectivity index (χ0n) is 11.7. The second-order valence-corrected chi connectivity index (χ2v) is 5.55. The van der Waals surface area contributed by atoms with E-state index in [-0.39, 0.29) is 11.9 Å². The fraction of sp³-hybridized carbons (Fsp3) is 0.923. The SMILES string of the molecule is COCC(C1CC1)N1CCNCC1C(=O)N(C)C. The molecular weight excluding hydrogens is 230 g/mol. The molecule has 18 heavy (non-hydrogen) atoms. The summed E-state index contributed by atoms with van der Waals surface area (Å²) < 4.78 is 5.36. The van der Waals surface area contributed by atoms with Crippen molar-refractivity contribution >= 4 is 5.91 Å². The standard InChI is InChI=1S/C13H25N3O2/c1-15(2)13(17)11-8-14-6-7-16(11)12(9-18-3)10-4-5-10/h10-12,14H,4-9H2,1-3H3. The second kappa shape index (κ2) is 5.99. The summed E-state index contributed by atoms with van der Waals surface area (Å²) >= 11 is 0. The molecule has 0 radical (unpaired) electrons. The number of hydrogen-bond acceptors (Lipinski definition) is 4. The van der Waals surface area contributed by atoms with Crippen LogP contribution in [0.15, 0.2) is 0 Å². The predicted octanol–water partition coefficient (Wildman–Crippen LogP) is -0.227. The summed E-state index contributed by atoms with van der Waals surface area (Å²) in [4.78, 5) is 16.3. The number of piperazine rings is 1. The molecule has 0 aromatic heterocycles. The van der Waals surface area contributed by atoms with E-state index in [1.165, 1.54) is 12.8 Å². The lowest BCUT2D eigenvalue weighted by Crippen LogP contribution is -2.61. The lowest BCUT2D eigenvalue weighted by Gasteiger charge is -2.41. The number of rotatable bonds is 5. The summed E-state index contributed by atoms with van der Waals surface area (Å²) in [6, 6.07) is 0.375. The summed E-state index contributed by atoms with van der Waals surface area (Å²) in [5, 5.41) is 3.33.